The molecule has 1 saturated heterocycles. The lowest BCUT2D eigenvalue weighted by molar-refractivity contribution is 0.193. The average molecular weight is 494 g/mol. The zero-order chi connectivity index (χ0) is 24.6. The van der Waals surface area contributed by atoms with Crippen molar-refractivity contribution in [3.63, 3.8) is 0 Å². The lowest BCUT2D eigenvalue weighted by Crippen LogP contribution is -2.51. The van der Waals surface area contributed by atoms with E-state index in [1.165, 1.54) is 5.56 Å². The molecule has 5 rings (SSSR count). The van der Waals surface area contributed by atoms with Crippen molar-refractivity contribution < 1.29 is 9.21 Å². The third-order valence-corrected chi connectivity index (χ3v) is 6.78. The number of nitrogens with zero attached hydrogens (tertiary/aromatic N) is 5. The van der Waals surface area contributed by atoms with Crippen LogP contribution in [-0.2, 0) is 6.54 Å². The monoisotopic (exact) mass is 493 g/mol. The SMILES string of the molecule is Cc1cccc(-c2nc3sc(N4CCN(C(=O)NCc5ccco5)CC4)nn3c2NC(C)(C)C)c1. The van der Waals surface area contributed by atoms with Crippen molar-refractivity contribution in [2.45, 2.75) is 39.8 Å². The summed E-state index contributed by atoms with van der Waals surface area (Å²) in [7, 11) is 0. The molecule has 1 fully saturated rings. The Morgan fingerprint density at radius 3 is 2.63 bits per heavy atom. The quantitative estimate of drug-likeness (QED) is 0.422. The van der Waals surface area contributed by atoms with Crippen LogP contribution in [-0.4, -0.2) is 57.2 Å². The minimum Gasteiger partial charge on any atom is -0.467 e. The van der Waals surface area contributed by atoms with E-state index in [9.17, 15) is 4.79 Å². The fourth-order valence-electron chi connectivity index (χ4n) is 4.12. The van der Waals surface area contributed by atoms with E-state index in [0.717, 1.165) is 46.0 Å². The van der Waals surface area contributed by atoms with Gasteiger partial charge in [0.1, 0.15) is 11.5 Å². The second-order valence-corrected chi connectivity index (χ2v) is 10.8. The molecule has 1 aliphatic rings. The van der Waals surface area contributed by atoms with Crippen molar-refractivity contribution in [3.8, 4) is 11.3 Å². The van der Waals surface area contributed by atoms with E-state index in [0.29, 0.717) is 19.6 Å². The van der Waals surface area contributed by atoms with E-state index >= 15 is 0 Å². The molecule has 3 aromatic heterocycles. The standard InChI is InChI=1S/C25H31N7O2S/c1-17-7-5-8-18(15-17)20-21(28-25(2,3)4)32-23(27-20)35-24(29-32)31-12-10-30(11-13-31)22(33)26-16-19-9-6-14-34-19/h5-9,14-15,28H,10-13,16H2,1-4H3,(H,26,33). The first kappa shape index (κ1) is 23.2. The Labute approximate surface area is 208 Å². The maximum atomic E-state index is 12.5. The topological polar surface area (TPSA) is 90.9 Å². The molecule has 4 aromatic rings. The van der Waals surface area contributed by atoms with Gasteiger partial charge in [-0.15, -0.1) is 5.10 Å². The first-order valence-corrected chi connectivity index (χ1v) is 12.6. The predicted octanol–water partition coefficient (Wildman–Crippen LogP) is 4.60. The first-order valence-electron chi connectivity index (χ1n) is 11.8. The van der Waals surface area contributed by atoms with Crippen molar-refractivity contribution in [2.75, 3.05) is 36.4 Å². The summed E-state index contributed by atoms with van der Waals surface area (Å²) >= 11 is 1.58. The molecule has 0 radical (unpaired) electrons. The number of carbonyl (C=O) groups is 1. The molecule has 0 aliphatic carbocycles. The number of furan rings is 1. The lowest BCUT2D eigenvalue weighted by atomic mass is 10.1. The zero-order valence-corrected chi connectivity index (χ0v) is 21.4. The summed E-state index contributed by atoms with van der Waals surface area (Å²) in [5.74, 6) is 1.64. The van der Waals surface area contributed by atoms with E-state index in [1.807, 2.05) is 21.5 Å². The number of rotatable bonds is 5. The number of amides is 2. The summed E-state index contributed by atoms with van der Waals surface area (Å²) in [6.07, 6.45) is 1.61. The predicted molar refractivity (Wildman–Crippen MR) is 139 cm³/mol. The third kappa shape index (κ3) is 5.12. The molecule has 2 N–H and O–H groups in total. The van der Waals surface area contributed by atoms with Gasteiger partial charge >= 0.3 is 6.03 Å². The molecule has 1 aliphatic heterocycles. The van der Waals surface area contributed by atoms with Gasteiger partial charge in [-0.3, -0.25) is 0 Å². The largest absolute Gasteiger partial charge is 0.467 e. The Balaban J connectivity index is 1.32. The Bertz CT molecular complexity index is 1310. The number of nitrogens with one attached hydrogen (secondary N) is 2. The van der Waals surface area contributed by atoms with Crippen molar-refractivity contribution in [3.05, 3.63) is 54.0 Å². The van der Waals surface area contributed by atoms with E-state index in [-0.39, 0.29) is 11.6 Å². The van der Waals surface area contributed by atoms with Crippen molar-refractivity contribution >= 4 is 33.3 Å². The highest BCUT2D eigenvalue weighted by atomic mass is 32.1. The second-order valence-electron chi connectivity index (χ2n) is 9.84. The molecular formula is C25H31N7O2S. The molecule has 0 bridgehead atoms. The number of hydrogen-bond donors (Lipinski definition) is 2. The Kier molecular flexibility index (Phi) is 6.14. The Morgan fingerprint density at radius 1 is 1.14 bits per heavy atom. The smallest absolute Gasteiger partial charge is 0.317 e. The second kappa shape index (κ2) is 9.26. The molecule has 1 aromatic carbocycles. The van der Waals surface area contributed by atoms with Crippen LogP contribution in [0.15, 0.2) is 47.1 Å². The zero-order valence-electron chi connectivity index (χ0n) is 20.5. The van der Waals surface area contributed by atoms with E-state index < -0.39 is 0 Å². The van der Waals surface area contributed by atoms with Crippen LogP contribution < -0.4 is 15.5 Å². The molecule has 9 nitrogen and oxygen atoms in total. The Morgan fingerprint density at radius 2 is 1.94 bits per heavy atom. The molecule has 0 spiro atoms. The normalized spacial score (nSPS) is 14.5. The van der Waals surface area contributed by atoms with Gasteiger partial charge in [0.2, 0.25) is 10.1 Å². The number of hydrogen-bond acceptors (Lipinski definition) is 7. The fourth-order valence-corrected chi connectivity index (χ4v) is 5.07. The summed E-state index contributed by atoms with van der Waals surface area (Å²) < 4.78 is 7.21. The Hall–Kier alpha value is -3.53. The number of fused-ring (bicyclic) bond motifs is 1. The first-order chi connectivity index (χ1) is 16.8. The summed E-state index contributed by atoms with van der Waals surface area (Å²) in [6.45, 7) is 11.6. The van der Waals surface area contributed by atoms with Crippen molar-refractivity contribution in [2.24, 2.45) is 0 Å². The molecule has 35 heavy (non-hydrogen) atoms. The molecule has 2 amide bonds. The third-order valence-electron chi connectivity index (χ3n) is 5.81. The fraction of sp³-hybridized carbons (Fsp3) is 0.400. The highest BCUT2D eigenvalue weighted by molar-refractivity contribution is 7.20. The maximum absolute atomic E-state index is 12.5. The summed E-state index contributed by atoms with van der Waals surface area (Å²) in [5, 5.41) is 12.4. The number of piperazine rings is 1. The van der Waals surface area contributed by atoms with Crippen LogP contribution in [0.2, 0.25) is 0 Å². The highest BCUT2D eigenvalue weighted by Gasteiger charge is 2.26. The molecular weight excluding hydrogens is 462 g/mol. The van der Waals surface area contributed by atoms with Crippen LogP contribution in [0.1, 0.15) is 32.1 Å². The van der Waals surface area contributed by atoms with E-state index in [2.05, 4.69) is 67.5 Å². The van der Waals surface area contributed by atoms with Crippen molar-refractivity contribution in [1.29, 1.82) is 0 Å². The minimum absolute atomic E-state index is 0.0746. The number of urea groups is 1. The molecule has 0 saturated carbocycles. The molecule has 0 atom stereocenters. The molecule has 10 heteroatoms. The molecule has 184 valence electrons. The highest BCUT2D eigenvalue weighted by Crippen LogP contribution is 2.35. The van der Waals surface area contributed by atoms with Gasteiger partial charge in [0.25, 0.3) is 0 Å². The number of aromatic nitrogens is 3. The lowest BCUT2D eigenvalue weighted by Gasteiger charge is -2.34. The number of anilines is 2. The van der Waals surface area contributed by atoms with E-state index in [4.69, 9.17) is 14.5 Å². The number of carbonyl (C=O) groups excluding carboxylic acids is 1. The number of aryl methyl sites for hydroxylation is 1. The summed E-state index contributed by atoms with van der Waals surface area (Å²) in [4.78, 5) is 22.4. The summed E-state index contributed by atoms with van der Waals surface area (Å²) in [5.41, 5.74) is 3.03. The van der Waals surface area contributed by atoms with E-state index in [1.54, 1.807) is 17.6 Å². The van der Waals surface area contributed by atoms with Gasteiger partial charge in [-0.1, -0.05) is 35.1 Å². The number of benzene rings is 1. The van der Waals surface area contributed by atoms with Gasteiger partial charge in [0.05, 0.1) is 12.8 Å². The van der Waals surface area contributed by atoms with Gasteiger partial charge in [0.15, 0.2) is 5.82 Å². The van der Waals surface area contributed by atoms with Crippen LogP contribution in [0.25, 0.3) is 16.2 Å². The maximum Gasteiger partial charge on any atom is 0.317 e. The van der Waals surface area contributed by atoms with Crippen LogP contribution in [0.5, 0.6) is 0 Å². The van der Waals surface area contributed by atoms with Gasteiger partial charge < -0.3 is 24.9 Å². The van der Waals surface area contributed by atoms with Gasteiger partial charge in [-0.25, -0.2) is 9.78 Å². The summed E-state index contributed by atoms with van der Waals surface area (Å²) in [6, 6.07) is 12.0. The van der Waals surface area contributed by atoms with Gasteiger partial charge in [0, 0.05) is 37.3 Å². The van der Waals surface area contributed by atoms with Crippen LogP contribution in [0, 0.1) is 6.92 Å². The average Bonchev–Trinajstić information content (AvgIpc) is 3.55. The van der Waals surface area contributed by atoms with Gasteiger partial charge in [-0.2, -0.15) is 4.52 Å². The van der Waals surface area contributed by atoms with Crippen molar-refractivity contribution in [1.82, 2.24) is 24.8 Å². The molecule has 0 unspecified atom stereocenters. The van der Waals surface area contributed by atoms with Crippen LogP contribution >= 0.6 is 11.3 Å². The number of imidazole rings is 1. The van der Waals surface area contributed by atoms with Gasteiger partial charge in [-0.05, 0) is 45.9 Å². The van der Waals surface area contributed by atoms with Crippen LogP contribution in [0.3, 0.4) is 0 Å². The van der Waals surface area contributed by atoms with Crippen LogP contribution in [0.4, 0.5) is 15.7 Å². The minimum atomic E-state index is -0.146. The molecule has 4 heterocycles.